The van der Waals surface area contributed by atoms with Gasteiger partial charge in [0.15, 0.2) is 0 Å². The number of aryl methyl sites for hydroxylation is 1. The monoisotopic (exact) mass is 790 g/mol. The first kappa shape index (κ1) is 47.3. The molecule has 1 heterocycles. The first-order valence-electron chi connectivity index (χ1n) is 18.6. The van der Waals surface area contributed by atoms with Crippen LogP contribution in [0.3, 0.4) is 0 Å². The number of hydrogen-bond donors (Lipinski definition) is 5. The number of nitrogens with zero attached hydrogens (tertiary/aromatic N) is 5. The highest BCUT2D eigenvalue weighted by Gasteiger charge is 2.29. The zero-order valence-electron chi connectivity index (χ0n) is 32.6. The van der Waals surface area contributed by atoms with Gasteiger partial charge in [0.1, 0.15) is 17.9 Å². The molecular formula is C36H58N10O10. The maximum Gasteiger partial charge on any atom is 0.312 e. The van der Waals surface area contributed by atoms with Crippen LogP contribution in [0.15, 0.2) is 41.8 Å². The number of benzene rings is 1. The van der Waals surface area contributed by atoms with Crippen LogP contribution in [0.1, 0.15) is 38.9 Å². The van der Waals surface area contributed by atoms with Gasteiger partial charge < -0.3 is 60.0 Å². The van der Waals surface area contributed by atoms with Gasteiger partial charge in [0.2, 0.25) is 17.7 Å². The molecule has 0 bridgehead atoms. The lowest BCUT2D eigenvalue weighted by molar-refractivity contribution is -0.132. The third-order valence-electron chi connectivity index (χ3n) is 7.84. The van der Waals surface area contributed by atoms with Crippen LogP contribution in [0.5, 0.6) is 0 Å². The highest BCUT2D eigenvalue weighted by molar-refractivity contribution is 5.98. The summed E-state index contributed by atoms with van der Waals surface area (Å²) in [5.41, 5.74) is 14.7. The van der Waals surface area contributed by atoms with E-state index in [0.717, 1.165) is 11.5 Å². The Hall–Kier alpha value is -4.82. The summed E-state index contributed by atoms with van der Waals surface area (Å²) in [6.07, 6.45) is 4.12. The van der Waals surface area contributed by atoms with E-state index in [0.29, 0.717) is 84.7 Å². The van der Waals surface area contributed by atoms with E-state index < -0.39 is 29.9 Å². The molecule has 0 saturated heterocycles. The first-order valence-corrected chi connectivity index (χ1v) is 18.6. The lowest BCUT2D eigenvalue weighted by Crippen LogP contribution is -2.54. The summed E-state index contributed by atoms with van der Waals surface area (Å²) < 4.78 is 34.4. The van der Waals surface area contributed by atoms with E-state index in [1.54, 1.807) is 32.2 Å². The maximum atomic E-state index is 13.4. The second-order valence-corrected chi connectivity index (χ2v) is 12.5. The van der Waals surface area contributed by atoms with Gasteiger partial charge in [-0.25, -0.2) is 9.78 Å². The van der Waals surface area contributed by atoms with Gasteiger partial charge in [0.05, 0.1) is 79.3 Å². The van der Waals surface area contributed by atoms with Crippen molar-refractivity contribution in [3.8, 4) is 5.69 Å². The van der Waals surface area contributed by atoms with Gasteiger partial charge in [0, 0.05) is 48.2 Å². The molecule has 0 unspecified atom stereocenters. The third-order valence-corrected chi connectivity index (χ3v) is 7.84. The Kier molecular flexibility index (Phi) is 24.9. The highest BCUT2D eigenvalue weighted by atomic mass is 16.6. The Morgan fingerprint density at radius 2 is 1.38 bits per heavy atom. The first-order chi connectivity index (χ1) is 27.1. The molecule has 2 rings (SSSR count). The van der Waals surface area contributed by atoms with E-state index in [2.05, 4.69) is 36.3 Å². The van der Waals surface area contributed by atoms with Crippen molar-refractivity contribution in [2.75, 3.05) is 97.7 Å². The number of anilines is 1. The fraction of sp³-hybridized carbons (Fsp3) is 0.639. The van der Waals surface area contributed by atoms with Gasteiger partial charge in [-0.2, -0.15) is 0 Å². The summed E-state index contributed by atoms with van der Waals surface area (Å²) in [5, 5.41) is 14.2. The SMILES string of the molecule is Cc1nccn1-c1ccc(NC(=O)[C@H](CCCNC(N)=O)NC(=O)[C@@H](NC(=O)CCOCCOCCOCCOCCOCCOCCN=[N+]=[N-])C(C)C)cc1. The molecule has 1 aromatic heterocycles. The lowest BCUT2D eigenvalue weighted by Gasteiger charge is -2.25. The number of nitrogens with two attached hydrogens (primary N) is 1. The summed E-state index contributed by atoms with van der Waals surface area (Å²) in [6, 6.07) is 4.62. The van der Waals surface area contributed by atoms with Crippen molar-refractivity contribution in [1.82, 2.24) is 25.5 Å². The molecule has 0 radical (unpaired) electrons. The molecule has 1 aromatic carbocycles. The van der Waals surface area contributed by atoms with Gasteiger partial charge in [-0.15, -0.1) is 0 Å². The second-order valence-electron chi connectivity index (χ2n) is 12.5. The van der Waals surface area contributed by atoms with Crippen LogP contribution in [0.25, 0.3) is 16.1 Å². The second kappa shape index (κ2) is 29.5. The minimum atomic E-state index is -0.959. The van der Waals surface area contributed by atoms with Crippen LogP contribution in [-0.2, 0) is 42.8 Å². The quantitative estimate of drug-likeness (QED) is 0.0310. The number of rotatable bonds is 32. The number of hydrogen-bond acceptors (Lipinski definition) is 12. The van der Waals surface area contributed by atoms with Crippen LogP contribution >= 0.6 is 0 Å². The number of primary amides is 1. The van der Waals surface area contributed by atoms with Gasteiger partial charge in [-0.05, 0) is 55.5 Å². The number of azide groups is 1. The minimum absolute atomic E-state index is 0.0224. The number of nitrogens with one attached hydrogen (secondary N) is 4. The molecule has 6 N–H and O–H groups in total. The van der Waals surface area contributed by atoms with Crippen LogP contribution in [0.4, 0.5) is 10.5 Å². The van der Waals surface area contributed by atoms with Crippen molar-refractivity contribution in [1.29, 1.82) is 0 Å². The number of ether oxygens (including phenoxy) is 6. The van der Waals surface area contributed by atoms with E-state index in [1.165, 1.54) is 0 Å². The van der Waals surface area contributed by atoms with Crippen molar-refractivity contribution in [3.63, 3.8) is 0 Å². The van der Waals surface area contributed by atoms with Crippen molar-refractivity contribution >= 4 is 29.4 Å². The predicted molar refractivity (Wildman–Crippen MR) is 206 cm³/mol. The Morgan fingerprint density at radius 3 is 1.88 bits per heavy atom. The van der Waals surface area contributed by atoms with Crippen LogP contribution in [0, 0.1) is 12.8 Å². The number of carbonyl (C=O) groups is 4. The molecule has 56 heavy (non-hydrogen) atoms. The zero-order chi connectivity index (χ0) is 40.8. The van der Waals surface area contributed by atoms with Gasteiger partial charge in [-0.1, -0.05) is 19.0 Å². The molecule has 0 aliphatic rings. The van der Waals surface area contributed by atoms with E-state index in [1.807, 2.05) is 29.8 Å². The Labute approximate surface area is 327 Å². The number of aromatic nitrogens is 2. The predicted octanol–water partition coefficient (Wildman–Crippen LogP) is 1.99. The molecule has 0 spiro atoms. The van der Waals surface area contributed by atoms with Crippen LogP contribution in [0.2, 0.25) is 0 Å². The Balaban J connectivity index is 1.64. The molecule has 2 aromatic rings. The van der Waals surface area contributed by atoms with Crippen LogP contribution < -0.4 is 27.0 Å². The molecule has 5 amide bonds. The van der Waals surface area contributed by atoms with Crippen molar-refractivity contribution in [2.45, 2.75) is 52.1 Å². The van der Waals surface area contributed by atoms with Gasteiger partial charge >= 0.3 is 6.03 Å². The third kappa shape index (κ3) is 21.3. The molecule has 312 valence electrons. The molecule has 0 aliphatic carbocycles. The van der Waals surface area contributed by atoms with E-state index >= 15 is 0 Å². The molecule has 0 aliphatic heterocycles. The van der Waals surface area contributed by atoms with Crippen molar-refractivity contribution < 1.29 is 47.6 Å². The fourth-order valence-electron chi connectivity index (χ4n) is 4.93. The van der Waals surface area contributed by atoms with E-state index in [9.17, 15) is 19.2 Å². The fourth-order valence-corrected chi connectivity index (χ4v) is 4.93. The number of carbonyl (C=O) groups excluding carboxylic acids is 4. The van der Waals surface area contributed by atoms with Crippen LogP contribution in [-0.4, -0.2) is 138 Å². The topological polar surface area (TPSA) is 264 Å². The summed E-state index contributed by atoms with van der Waals surface area (Å²) in [7, 11) is 0. The largest absolute Gasteiger partial charge is 0.379 e. The molecule has 2 atom stereocenters. The standard InChI is InChI=1S/C36H58N10O10/c1-27(2)33(44-32(47)10-15-51-17-19-53-21-23-55-25-26-56-24-22-54-20-18-52-16-13-41-45-38)35(49)43-31(5-4-11-40-36(37)50)34(48)42-29-6-8-30(9-7-29)46-14-12-39-28(46)3/h6-9,12,14,27,31,33H,4-5,10-11,13,15-26H2,1-3H3,(H,42,48)(H,43,49)(H,44,47)(H3,37,40,50)/t31-,33-/m0/s1. The summed E-state index contributed by atoms with van der Waals surface area (Å²) in [5.74, 6) is -0.814. The highest BCUT2D eigenvalue weighted by Crippen LogP contribution is 2.16. The Morgan fingerprint density at radius 1 is 0.821 bits per heavy atom. The number of urea groups is 1. The van der Waals surface area contributed by atoms with Crippen molar-refractivity contribution in [3.05, 3.63) is 52.9 Å². The molecule has 20 nitrogen and oxygen atoms in total. The summed E-state index contributed by atoms with van der Waals surface area (Å²) in [4.78, 5) is 57.5. The molecule has 0 saturated carbocycles. The van der Waals surface area contributed by atoms with E-state index in [-0.39, 0.29) is 44.4 Å². The smallest absolute Gasteiger partial charge is 0.312 e. The average molecular weight is 791 g/mol. The van der Waals surface area contributed by atoms with Crippen molar-refractivity contribution in [2.24, 2.45) is 16.8 Å². The molecule has 20 heteroatoms. The van der Waals surface area contributed by atoms with Gasteiger partial charge in [0.25, 0.3) is 0 Å². The minimum Gasteiger partial charge on any atom is -0.379 e. The average Bonchev–Trinajstić information content (AvgIpc) is 3.61. The lowest BCUT2D eigenvalue weighted by atomic mass is 10.0. The summed E-state index contributed by atoms with van der Waals surface area (Å²) >= 11 is 0. The Bertz CT molecular complexity index is 1470. The van der Waals surface area contributed by atoms with Gasteiger partial charge in [-0.3, -0.25) is 14.4 Å². The molecular weight excluding hydrogens is 732 g/mol. The van der Waals surface area contributed by atoms with E-state index in [4.69, 9.17) is 39.7 Å². The molecule has 0 fully saturated rings. The zero-order valence-corrected chi connectivity index (χ0v) is 32.6. The number of imidazole rings is 1. The normalized spacial score (nSPS) is 12.1. The maximum absolute atomic E-state index is 13.4. The summed E-state index contributed by atoms with van der Waals surface area (Å²) in [6.45, 7) is 10.4. The number of amides is 5.